The van der Waals surface area contributed by atoms with Crippen molar-refractivity contribution in [3.8, 4) is 0 Å². The van der Waals surface area contributed by atoms with Gasteiger partial charge in [-0.3, -0.25) is 9.59 Å². The van der Waals surface area contributed by atoms with Crippen molar-refractivity contribution in [2.75, 3.05) is 5.01 Å². The number of carbonyl (C=O) groups is 2. The molecule has 1 unspecified atom stereocenters. The van der Waals surface area contributed by atoms with Gasteiger partial charge in [0.25, 0.3) is 5.91 Å². The Balaban J connectivity index is 1.98. The van der Waals surface area contributed by atoms with Gasteiger partial charge in [0.15, 0.2) is 11.6 Å². The minimum absolute atomic E-state index is 0.151. The summed E-state index contributed by atoms with van der Waals surface area (Å²) >= 11 is 0. The summed E-state index contributed by atoms with van der Waals surface area (Å²) in [6.45, 7) is 3.75. The number of para-hydroxylation sites is 1. The van der Waals surface area contributed by atoms with Crippen LogP contribution in [-0.4, -0.2) is 28.5 Å². The van der Waals surface area contributed by atoms with E-state index in [1.165, 1.54) is 11.9 Å². The van der Waals surface area contributed by atoms with Gasteiger partial charge in [-0.05, 0) is 24.6 Å². The van der Waals surface area contributed by atoms with Gasteiger partial charge in [0.1, 0.15) is 6.04 Å². The van der Waals surface area contributed by atoms with E-state index < -0.39 is 6.04 Å². The predicted octanol–water partition coefficient (Wildman–Crippen LogP) is 2.83. The molecule has 5 nitrogen and oxygen atoms in total. The lowest BCUT2D eigenvalue weighted by Gasteiger charge is -2.37. The van der Waals surface area contributed by atoms with Crippen molar-refractivity contribution in [3.05, 3.63) is 66.2 Å². The fourth-order valence-electron chi connectivity index (χ4n) is 2.71. The number of nitrogens with zero attached hydrogens (tertiary/aromatic N) is 3. The first kappa shape index (κ1) is 15.9. The third-order valence-corrected chi connectivity index (χ3v) is 4.01. The molecule has 0 N–H and O–H groups in total. The van der Waals surface area contributed by atoms with E-state index in [0.29, 0.717) is 18.1 Å². The molecule has 0 radical (unpaired) electrons. The van der Waals surface area contributed by atoms with Crippen LogP contribution in [-0.2, 0) is 16.1 Å². The lowest BCUT2D eigenvalue weighted by molar-refractivity contribution is -0.123. The second-order valence-corrected chi connectivity index (χ2v) is 5.75. The molecule has 0 bridgehead atoms. The molecular weight excluding hydrogens is 302 g/mol. The Labute approximate surface area is 141 Å². The molecule has 122 valence electrons. The number of hydrazone groups is 1. The first-order valence-electron chi connectivity index (χ1n) is 7.87. The van der Waals surface area contributed by atoms with Crippen molar-refractivity contribution in [2.45, 2.75) is 26.4 Å². The highest BCUT2D eigenvalue weighted by molar-refractivity contribution is 6.39. The number of carbonyl (C=O) groups excluding carboxylic acids is 2. The van der Waals surface area contributed by atoms with Crippen LogP contribution in [0.15, 0.2) is 65.8 Å². The Kier molecular flexibility index (Phi) is 4.42. The summed E-state index contributed by atoms with van der Waals surface area (Å²) in [4.78, 5) is 26.6. The predicted molar refractivity (Wildman–Crippen MR) is 93.5 cm³/mol. The largest absolute Gasteiger partial charge is 0.336 e. The van der Waals surface area contributed by atoms with Crippen molar-refractivity contribution in [1.82, 2.24) is 4.90 Å². The van der Waals surface area contributed by atoms with E-state index in [9.17, 15) is 9.59 Å². The molecule has 1 heterocycles. The normalized spacial score (nSPS) is 17.7. The number of hydrogen-bond donors (Lipinski definition) is 0. The number of anilines is 1. The zero-order chi connectivity index (χ0) is 17.1. The summed E-state index contributed by atoms with van der Waals surface area (Å²) in [5.74, 6) is -0.0110. The van der Waals surface area contributed by atoms with Crippen LogP contribution in [0.25, 0.3) is 0 Å². The molecule has 1 aliphatic rings. The molecule has 0 aliphatic carbocycles. The van der Waals surface area contributed by atoms with Crippen molar-refractivity contribution in [2.24, 2.45) is 5.10 Å². The minimum atomic E-state index is -0.471. The molecule has 3 rings (SSSR count). The van der Waals surface area contributed by atoms with Crippen molar-refractivity contribution in [1.29, 1.82) is 0 Å². The average molecular weight is 321 g/mol. The van der Waals surface area contributed by atoms with E-state index in [2.05, 4.69) is 5.10 Å². The second kappa shape index (κ2) is 6.66. The van der Waals surface area contributed by atoms with Crippen LogP contribution in [0.3, 0.4) is 0 Å². The third kappa shape index (κ3) is 3.06. The van der Waals surface area contributed by atoms with Crippen molar-refractivity contribution in [3.63, 3.8) is 0 Å². The van der Waals surface area contributed by atoms with Gasteiger partial charge in [-0.15, -0.1) is 5.10 Å². The lowest BCUT2D eigenvalue weighted by Crippen LogP contribution is -2.55. The van der Waals surface area contributed by atoms with Crippen LogP contribution < -0.4 is 5.01 Å². The Hall–Kier alpha value is -2.95. The average Bonchev–Trinajstić information content (AvgIpc) is 2.60. The van der Waals surface area contributed by atoms with Crippen LogP contribution >= 0.6 is 0 Å². The minimum Gasteiger partial charge on any atom is -0.336 e. The maximum atomic E-state index is 12.8. The second-order valence-electron chi connectivity index (χ2n) is 5.75. The first-order valence-corrected chi connectivity index (χ1v) is 7.87. The lowest BCUT2D eigenvalue weighted by atomic mass is 10.1. The highest BCUT2D eigenvalue weighted by Crippen LogP contribution is 2.23. The highest BCUT2D eigenvalue weighted by Gasteiger charge is 2.36. The third-order valence-electron chi connectivity index (χ3n) is 4.01. The van der Waals surface area contributed by atoms with Gasteiger partial charge in [0.2, 0.25) is 0 Å². The van der Waals surface area contributed by atoms with Crippen molar-refractivity contribution < 1.29 is 9.59 Å². The molecule has 5 heteroatoms. The van der Waals surface area contributed by atoms with Crippen LogP contribution in [0.5, 0.6) is 0 Å². The summed E-state index contributed by atoms with van der Waals surface area (Å²) < 4.78 is 0. The van der Waals surface area contributed by atoms with Gasteiger partial charge < -0.3 is 4.90 Å². The molecule has 1 atom stereocenters. The van der Waals surface area contributed by atoms with Gasteiger partial charge in [-0.2, -0.15) is 5.01 Å². The highest BCUT2D eigenvalue weighted by atomic mass is 16.2. The van der Waals surface area contributed by atoms with Gasteiger partial charge in [0.05, 0.1) is 5.69 Å². The molecule has 2 aromatic carbocycles. The van der Waals surface area contributed by atoms with E-state index in [4.69, 9.17) is 0 Å². The van der Waals surface area contributed by atoms with Crippen LogP contribution in [0.4, 0.5) is 5.69 Å². The summed E-state index contributed by atoms with van der Waals surface area (Å²) in [6, 6.07) is 18.4. The Morgan fingerprint density at radius 1 is 1.04 bits per heavy atom. The molecular formula is C19H19N3O2. The molecule has 0 spiro atoms. The number of ketones is 1. The van der Waals surface area contributed by atoms with E-state index in [1.807, 2.05) is 48.5 Å². The number of amidine groups is 1. The van der Waals surface area contributed by atoms with E-state index in [1.54, 1.807) is 24.0 Å². The SMILES string of the molecule is CC(=O)C1=NN(c2ccccc2)C(=O)C(C)N1Cc1ccccc1. The maximum Gasteiger partial charge on any atom is 0.269 e. The summed E-state index contributed by atoms with van der Waals surface area (Å²) in [5.41, 5.74) is 1.69. The Bertz CT molecular complexity index is 772. The zero-order valence-corrected chi connectivity index (χ0v) is 13.7. The monoisotopic (exact) mass is 321 g/mol. The summed E-state index contributed by atoms with van der Waals surface area (Å²) in [6.07, 6.45) is 0. The Morgan fingerprint density at radius 3 is 2.21 bits per heavy atom. The molecule has 24 heavy (non-hydrogen) atoms. The standard InChI is InChI=1S/C19H19N3O2/c1-14-19(24)22(17-11-7-4-8-12-17)20-18(15(2)23)21(14)13-16-9-5-3-6-10-16/h3-12,14H,13H2,1-2H3. The molecule has 0 aromatic heterocycles. The van der Waals surface area contributed by atoms with Crippen molar-refractivity contribution >= 4 is 23.2 Å². The topological polar surface area (TPSA) is 53.0 Å². The van der Waals surface area contributed by atoms with Gasteiger partial charge in [-0.1, -0.05) is 48.5 Å². The smallest absolute Gasteiger partial charge is 0.269 e. The number of benzene rings is 2. The first-order chi connectivity index (χ1) is 11.6. The van der Waals surface area contributed by atoms with Crippen LogP contribution in [0.1, 0.15) is 19.4 Å². The van der Waals surface area contributed by atoms with E-state index >= 15 is 0 Å². The van der Waals surface area contributed by atoms with Gasteiger partial charge in [-0.25, -0.2) is 0 Å². The molecule has 1 aliphatic heterocycles. The fraction of sp³-hybridized carbons (Fsp3) is 0.211. The Morgan fingerprint density at radius 2 is 1.62 bits per heavy atom. The zero-order valence-electron chi connectivity index (χ0n) is 13.7. The number of hydrogen-bond acceptors (Lipinski definition) is 4. The van der Waals surface area contributed by atoms with Gasteiger partial charge >= 0.3 is 0 Å². The quantitative estimate of drug-likeness (QED) is 0.870. The number of amides is 1. The number of Topliss-reactive ketones (excluding diaryl/α,β-unsaturated/α-hetero) is 1. The molecule has 2 aromatic rings. The fourth-order valence-corrected chi connectivity index (χ4v) is 2.71. The van der Waals surface area contributed by atoms with Crippen LogP contribution in [0.2, 0.25) is 0 Å². The van der Waals surface area contributed by atoms with Gasteiger partial charge in [0, 0.05) is 13.5 Å². The van der Waals surface area contributed by atoms with E-state index in [-0.39, 0.29) is 11.7 Å². The van der Waals surface area contributed by atoms with E-state index in [0.717, 1.165) is 5.56 Å². The van der Waals surface area contributed by atoms with Crippen LogP contribution in [0, 0.1) is 0 Å². The molecule has 1 amide bonds. The summed E-state index contributed by atoms with van der Waals surface area (Å²) in [5, 5.41) is 5.66. The molecule has 0 saturated heterocycles. The number of rotatable bonds is 4. The molecule has 0 fully saturated rings. The molecule has 0 saturated carbocycles. The summed E-state index contributed by atoms with van der Waals surface area (Å²) in [7, 11) is 0. The maximum absolute atomic E-state index is 12.8.